The third kappa shape index (κ3) is 1.12. The average molecular weight is 236 g/mol. The predicted octanol–water partition coefficient (Wildman–Crippen LogP) is 3.81. The molecule has 1 aliphatic rings. The minimum absolute atomic E-state index is 0.822. The third-order valence-electron chi connectivity index (χ3n) is 2.71. The molecule has 1 N–H and O–H groups in total. The Morgan fingerprint density at radius 2 is 2.15 bits per heavy atom. The van der Waals surface area contributed by atoms with Gasteiger partial charge in [-0.25, -0.2) is 0 Å². The summed E-state index contributed by atoms with van der Waals surface area (Å²) in [5.74, 6) is 0.822. The molecule has 1 aromatic heterocycles. The molecule has 1 nitrogen and oxygen atoms in total. The van der Waals surface area contributed by atoms with Crippen LogP contribution >= 0.6 is 15.9 Å². The van der Waals surface area contributed by atoms with E-state index in [9.17, 15) is 0 Å². The number of rotatable bonds is 1. The van der Waals surface area contributed by atoms with Gasteiger partial charge in [-0.2, -0.15) is 0 Å². The van der Waals surface area contributed by atoms with Crippen molar-refractivity contribution in [3.63, 3.8) is 0 Å². The molecule has 0 amide bonds. The van der Waals surface area contributed by atoms with Crippen molar-refractivity contribution in [2.75, 3.05) is 0 Å². The number of para-hydroxylation sites is 1. The van der Waals surface area contributed by atoms with Crippen molar-refractivity contribution in [2.24, 2.45) is 0 Å². The number of fused-ring (bicyclic) bond motifs is 1. The van der Waals surface area contributed by atoms with E-state index in [0.717, 1.165) is 10.4 Å². The molecule has 13 heavy (non-hydrogen) atoms. The van der Waals surface area contributed by atoms with Crippen LogP contribution in [0.25, 0.3) is 10.9 Å². The summed E-state index contributed by atoms with van der Waals surface area (Å²) in [5, 5.41) is 1.39. The second-order valence-corrected chi connectivity index (χ2v) is 4.54. The van der Waals surface area contributed by atoms with E-state index in [1.807, 2.05) is 0 Å². The fourth-order valence-electron chi connectivity index (χ4n) is 1.87. The normalized spacial score (nSPS) is 16.7. The number of halogens is 1. The van der Waals surface area contributed by atoms with Crippen molar-refractivity contribution in [2.45, 2.75) is 18.8 Å². The quantitative estimate of drug-likeness (QED) is 0.774. The minimum atomic E-state index is 0.822. The van der Waals surface area contributed by atoms with Crippen LogP contribution in [-0.2, 0) is 0 Å². The first-order chi connectivity index (χ1) is 6.36. The molecule has 0 spiro atoms. The summed E-state index contributed by atoms with van der Waals surface area (Å²) in [6.45, 7) is 0. The van der Waals surface area contributed by atoms with Gasteiger partial charge in [0.25, 0.3) is 0 Å². The maximum absolute atomic E-state index is 3.55. The summed E-state index contributed by atoms with van der Waals surface area (Å²) < 4.78 is 1.16. The first kappa shape index (κ1) is 7.63. The van der Waals surface area contributed by atoms with Gasteiger partial charge >= 0.3 is 0 Å². The van der Waals surface area contributed by atoms with Crippen molar-refractivity contribution < 1.29 is 0 Å². The number of benzene rings is 1. The van der Waals surface area contributed by atoms with Crippen molar-refractivity contribution in [3.8, 4) is 0 Å². The van der Waals surface area contributed by atoms with Gasteiger partial charge < -0.3 is 4.98 Å². The zero-order valence-electron chi connectivity index (χ0n) is 7.18. The van der Waals surface area contributed by atoms with Gasteiger partial charge in [-0.05, 0) is 46.3 Å². The Morgan fingerprint density at radius 1 is 1.31 bits per heavy atom. The Hall–Kier alpha value is -0.760. The standard InChI is InChI=1S/C11H10BrN/c12-10-3-1-2-8-9(7-4-5-7)6-13-11(8)10/h1-3,6-7,13H,4-5H2. The van der Waals surface area contributed by atoms with Crippen molar-refractivity contribution in [3.05, 3.63) is 34.4 Å². The highest BCUT2D eigenvalue weighted by Gasteiger charge is 2.26. The molecule has 3 rings (SSSR count). The minimum Gasteiger partial charge on any atom is -0.360 e. The summed E-state index contributed by atoms with van der Waals surface area (Å²) in [7, 11) is 0. The van der Waals surface area contributed by atoms with E-state index < -0.39 is 0 Å². The van der Waals surface area contributed by atoms with E-state index in [4.69, 9.17) is 0 Å². The average Bonchev–Trinajstić information content (AvgIpc) is 2.87. The van der Waals surface area contributed by atoms with E-state index in [1.165, 1.54) is 29.3 Å². The zero-order chi connectivity index (χ0) is 8.84. The maximum atomic E-state index is 3.55. The Labute approximate surface area is 85.3 Å². The van der Waals surface area contributed by atoms with Crippen LogP contribution < -0.4 is 0 Å². The van der Waals surface area contributed by atoms with Crippen molar-refractivity contribution in [1.82, 2.24) is 4.98 Å². The lowest BCUT2D eigenvalue weighted by atomic mass is 10.1. The molecule has 1 saturated carbocycles. The predicted molar refractivity (Wildman–Crippen MR) is 58.0 cm³/mol. The lowest BCUT2D eigenvalue weighted by molar-refractivity contribution is 1.15. The monoisotopic (exact) mass is 235 g/mol. The molecular formula is C11H10BrN. The fraction of sp³-hybridized carbons (Fsp3) is 0.273. The van der Waals surface area contributed by atoms with Gasteiger partial charge in [-0.1, -0.05) is 12.1 Å². The SMILES string of the molecule is Brc1cccc2c(C3CC3)c[nH]c12. The van der Waals surface area contributed by atoms with Gasteiger partial charge in [0.1, 0.15) is 0 Å². The molecule has 0 bridgehead atoms. The van der Waals surface area contributed by atoms with Gasteiger partial charge in [-0.3, -0.25) is 0 Å². The number of nitrogens with one attached hydrogen (secondary N) is 1. The largest absolute Gasteiger partial charge is 0.360 e. The van der Waals surface area contributed by atoms with Gasteiger partial charge in [0.05, 0.1) is 5.52 Å². The molecule has 2 aromatic rings. The Balaban J connectivity index is 2.32. The molecule has 0 aliphatic heterocycles. The van der Waals surface area contributed by atoms with Crippen LogP contribution in [-0.4, -0.2) is 4.98 Å². The highest BCUT2D eigenvalue weighted by molar-refractivity contribution is 9.10. The molecule has 66 valence electrons. The molecule has 1 aliphatic carbocycles. The lowest BCUT2D eigenvalue weighted by Crippen LogP contribution is -1.74. The number of H-pyrrole nitrogens is 1. The van der Waals surface area contributed by atoms with Crippen LogP contribution in [0.1, 0.15) is 24.3 Å². The zero-order valence-corrected chi connectivity index (χ0v) is 8.76. The van der Waals surface area contributed by atoms with E-state index in [0.29, 0.717) is 0 Å². The van der Waals surface area contributed by atoms with E-state index in [1.54, 1.807) is 0 Å². The molecule has 0 saturated heterocycles. The topological polar surface area (TPSA) is 15.8 Å². The second-order valence-electron chi connectivity index (χ2n) is 3.68. The number of aromatic amines is 1. The molecule has 1 heterocycles. The van der Waals surface area contributed by atoms with Gasteiger partial charge in [-0.15, -0.1) is 0 Å². The summed E-state index contributed by atoms with van der Waals surface area (Å²) in [6, 6.07) is 6.38. The van der Waals surface area contributed by atoms with E-state index >= 15 is 0 Å². The highest BCUT2D eigenvalue weighted by Crippen LogP contribution is 2.43. The number of hydrogen-bond donors (Lipinski definition) is 1. The smallest absolute Gasteiger partial charge is 0.0601 e. The van der Waals surface area contributed by atoms with Crippen LogP contribution in [0.15, 0.2) is 28.9 Å². The molecule has 1 aromatic carbocycles. The first-order valence-electron chi connectivity index (χ1n) is 4.62. The number of aromatic nitrogens is 1. The van der Waals surface area contributed by atoms with Crippen LogP contribution in [0.5, 0.6) is 0 Å². The Bertz CT molecular complexity index is 454. The number of hydrogen-bond acceptors (Lipinski definition) is 0. The van der Waals surface area contributed by atoms with Gasteiger partial charge in [0.15, 0.2) is 0 Å². The molecule has 0 unspecified atom stereocenters. The van der Waals surface area contributed by atoms with Crippen LogP contribution in [0.2, 0.25) is 0 Å². The van der Waals surface area contributed by atoms with Gasteiger partial charge in [0, 0.05) is 16.1 Å². The second kappa shape index (κ2) is 2.61. The molecular weight excluding hydrogens is 226 g/mol. The van der Waals surface area contributed by atoms with Crippen LogP contribution in [0.3, 0.4) is 0 Å². The molecule has 0 radical (unpaired) electrons. The van der Waals surface area contributed by atoms with Crippen LogP contribution in [0, 0.1) is 0 Å². The van der Waals surface area contributed by atoms with E-state index in [-0.39, 0.29) is 0 Å². The molecule has 0 atom stereocenters. The third-order valence-corrected chi connectivity index (χ3v) is 3.37. The fourth-order valence-corrected chi connectivity index (χ4v) is 2.35. The van der Waals surface area contributed by atoms with Crippen molar-refractivity contribution in [1.29, 1.82) is 0 Å². The van der Waals surface area contributed by atoms with E-state index in [2.05, 4.69) is 45.3 Å². The Kier molecular flexibility index (Phi) is 1.53. The summed E-state index contributed by atoms with van der Waals surface area (Å²) >= 11 is 3.55. The van der Waals surface area contributed by atoms with Gasteiger partial charge in [0.2, 0.25) is 0 Å². The maximum Gasteiger partial charge on any atom is 0.0601 e. The summed E-state index contributed by atoms with van der Waals surface area (Å²) in [6.07, 6.45) is 4.88. The molecule has 2 heteroatoms. The summed E-state index contributed by atoms with van der Waals surface area (Å²) in [4.78, 5) is 3.33. The highest BCUT2D eigenvalue weighted by atomic mass is 79.9. The Morgan fingerprint density at radius 3 is 2.92 bits per heavy atom. The molecule has 1 fully saturated rings. The first-order valence-corrected chi connectivity index (χ1v) is 5.41. The summed E-state index contributed by atoms with van der Waals surface area (Å²) in [5.41, 5.74) is 2.74. The lowest BCUT2D eigenvalue weighted by Gasteiger charge is -1.95. The van der Waals surface area contributed by atoms with Crippen LogP contribution in [0.4, 0.5) is 0 Å². The van der Waals surface area contributed by atoms with Crippen molar-refractivity contribution >= 4 is 26.8 Å².